The molecule has 2 N–H and O–H groups in total. The first-order chi connectivity index (χ1) is 21.0. The number of nitrogens with zero attached hydrogens (tertiary/aromatic N) is 3. The van der Waals surface area contributed by atoms with Gasteiger partial charge in [0.15, 0.2) is 0 Å². The van der Waals surface area contributed by atoms with Gasteiger partial charge in [-0.2, -0.15) is 4.31 Å². The quantitative estimate of drug-likeness (QED) is 0.179. The monoisotopic (exact) mass is 641 g/mol. The third kappa shape index (κ3) is 7.66. The Morgan fingerprint density at radius 2 is 1.77 bits per heavy atom. The van der Waals surface area contributed by atoms with Gasteiger partial charge in [0, 0.05) is 44.3 Å². The number of benzene rings is 3. The summed E-state index contributed by atoms with van der Waals surface area (Å²) in [7, 11) is 2.14. The van der Waals surface area contributed by atoms with Crippen LogP contribution in [0.1, 0.15) is 51.2 Å². The van der Waals surface area contributed by atoms with Gasteiger partial charge in [0.25, 0.3) is 0 Å². The Morgan fingerprint density at radius 1 is 1.07 bits per heavy atom. The van der Waals surface area contributed by atoms with Crippen LogP contribution in [0.2, 0.25) is 0 Å². The van der Waals surface area contributed by atoms with Crippen LogP contribution >= 0.6 is 22.5 Å². The summed E-state index contributed by atoms with van der Waals surface area (Å²) in [5.41, 5.74) is 4.05. The lowest BCUT2D eigenvalue weighted by Gasteiger charge is -2.51. The van der Waals surface area contributed by atoms with E-state index in [4.69, 9.17) is 9.47 Å². The predicted molar refractivity (Wildman–Crippen MR) is 185 cm³/mol. The van der Waals surface area contributed by atoms with Gasteiger partial charge in [0.1, 0.15) is 5.75 Å². The number of rotatable bonds is 13. The third-order valence-corrected chi connectivity index (χ3v) is 11.1. The van der Waals surface area contributed by atoms with Gasteiger partial charge >= 0.3 is 5.97 Å². The van der Waals surface area contributed by atoms with Crippen LogP contribution in [0.4, 0.5) is 17.1 Å². The van der Waals surface area contributed by atoms with E-state index in [1.165, 1.54) is 11.8 Å². The van der Waals surface area contributed by atoms with E-state index < -0.39 is 16.3 Å². The van der Waals surface area contributed by atoms with Crippen LogP contribution in [0.15, 0.2) is 71.6 Å². The summed E-state index contributed by atoms with van der Waals surface area (Å²) >= 11 is 1.46. The molecule has 8 nitrogen and oxygen atoms in total. The maximum absolute atomic E-state index is 12.5. The lowest BCUT2D eigenvalue weighted by molar-refractivity contribution is -0.139. The highest BCUT2D eigenvalue weighted by Crippen LogP contribution is 2.63. The van der Waals surface area contributed by atoms with Gasteiger partial charge in [0.2, 0.25) is 0 Å². The van der Waals surface area contributed by atoms with Crippen LogP contribution in [0.5, 0.6) is 5.75 Å². The maximum Gasteiger partial charge on any atom is 0.315 e. The van der Waals surface area contributed by atoms with Gasteiger partial charge in [0.05, 0.1) is 35.6 Å². The van der Waals surface area contributed by atoms with Gasteiger partial charge in [-0.15, -0.1) is 22.5 Å². The van der Waals surface area contributed by atoms with Crippen LogP contribution < -0.4 is 14.5 Å². The molecular weight excluding hydrogens is 595 g/mol. The summed E-state index contributed by atoms with van der Waals surface area (Å²) < 4.78 is 37.4. The molecule has 0 amide bonds. The number of thioether (sulfide) groups is 1. The SMILES string of the molecule is CCCCC1(C)CN(c2ccccc2)c2cc(N(C)C)c(CSCC(=O)OCC)cc2S(O)(O)N1Cc1ccc(OC)cc1. The summed E-state index contributed by atoms with van der Waals surface area (Å²) in [6.07, 6.45) is 2.73. The Bertz CT molecular complexity index is 1390. The largest absolute Gasteiger partial charge is 0.497 e. The highest BCUT2D eigenvalue weighted by atomic mass is 32.3. The second kappa shape index (κ2) is 14.9. The second-order valence-corrected chi connectivity index (χ2v) is 14.5. The molecule has 240 valence electrons. The fourth-order valence-corrected chi connectivity index (χ4v) is 8.60. The molecule has 4 rings (SSSR count). The number of esters is 1. The van der Waals surface area contributed by atoms with Crippen molar-refractivity contribution in [1.29, 1.82) is 0 Å². The van der Waals surface area contributed by atoms with E-state index in [-0.39, 0.29) is 11.7 Å². The molecule has 0 aromatic heterocycles. The molecule has 1 heterocycles. The number of carbonyl (C=O) groups is 1. The number of ether oxygens (including phenoxy) is 2. The van der Waals surface area contributed by atoms with E-state index >= 15 is 0 Å². The minimum Gasteiger partial charge on any atom is -0.497 e. The first kappa shape index (κ1) is 34.0. The first-order valence-corrected chi connectivity index (χ1v) is 17.8. The molecule has 0 aliphatic carbocycles. The smallest absolute Gasteiger partial charge is 0.315 e. The molecule has 0 spiro atoms. The number of para-hydroxylation sites is 1. The van der Waals surface area contributed by atoms with E-state index in [1.54, 1.807) is 14.0 Å². The van der Waals surface area contributed by atoms with E-state index in [1.807, 2.05) is 71.8 Å². The number of carbonyl (C=O) groups excluding carboxylic acids is 1. The molecule has 1 unspecified atom stereocenters. The Hall–Kier alpha value is -2.89. The molecule has 1 aliphatic rings. The third-order valence-electron chi connectivity index (χ3n) is 8.04. The van der Waals surface area contributed by atoms with Crippen molar-refractivity contribution in [2.45, 2.75) is 62.8 Å². The molecule has 10 heteroatoms. The second-order valence-electron chi connectivity index (χ2n) is 11.6. The zero-order valence-corrected chi connectivity index (χ0v) is 28.4. The molecule has 0 fully saturated rings. The molecule has 0 saturated heterocycles. The summed E-state index contributed by atoms with van der Waals surface area (Å²) in [6.45, 7) is 7.40. The van der Waals surface area contributed by atoms with Crippen molar-refractivity contribution in [3.05, 3.63) is 77.9 Å². The van der Waals surface area contributed by atoms with Crippen LogP contribution in [0.25, 0.3) is 0 Å². The van der Waals surface area contributed by atoms with Gasteiger partial charge in [-0.05, 0) is 67.8 Å². The topological polar surface area (TPSA) is 85.7 Å². The average molecular weight is 642 g/mol. The normalized spacial score (nSPS) is 18.7. The number of fused-ring (bicyclic) bond motifs is 1. The lowest BCUT2D eigenvalue weighted by Crippen LogP contribution is -2.51. The fourth-order valence-electron chi connectivity index (χ4n) is 5.72. The van der Waals surface area contributed by atoms with E-state index in [0.717, 1.165) is 53.2 Å². The lowest BCUT2D eigenvalue weighted by atomic mass is 9.92. The molecule has 1 aliphatic heterocycles. The zero-order valence-electron chi connectivity index (χ0n) is 26.8. The molecule has 44 heavy (non-hydrogen) atoms. The molecular formula is C34H47N3O5S2. The number of anilines is 3. The Labute approximate surface area is 268 Å². The highest BCUT2D eigenvalue weighted by Gasteiger charge is 2.46. The molecule has 3 aromatic rings. The summed E-state index contributed by atoms with van der Waals surface area (Å²) in [6, 6.07) is 22.0. The molecule has 0 bridgehead atoms. The van der Waals surface area contributed by atoms with Crippen LogP contribution in [0.3, 0.4) is 0 Å². The van der Waals surface area contributed by atoms with E-state index in [0.29, 0.717) is 30.3 Å². The minimum absolute atomic E-state index is 0.225. The molecule has 1 atom stereocenters. The average Bonchev–Trinajstić information content (AvgIpc) is 3.08. The van der Waals surface area contributed by atoms with Crippen molar-refractivity contribution in [2.75, 3.05) is 49.9 Å². The van der Waals surface area contributed by atoms with Crippen molar-refractivity contribution in [1.82, 2.24) is 4.31 Å². The van der Waals surface area contributed by atoms with Crippen LogP contribution in [-0.4, -0.2) is 65.0 Å². The van der Waals surface area contributed by atoms with Crippen molar-refractivity contribution in [3.8, 4) is 5.75 Å². The maximum atomic E-state index is 12.5. The van der Waals surface area contributed by atoms with Gasteiger partial charge < -0.3 is 19.3 Å². The Morgan fingerprint density at radius 3 is 2.39 bits per heavy atom. The summed E-state index contributed by atoms with van der Waals surface area (Å²) in [4.78, 5) is 16.9. The van der Waals surface area contributed by atoms with E-state index in [2.05, 4.69) is 36.9 Å². The van der Waals surface area contributed by atoms with Crippen molar-refractivity contribution in [2.24, 2.45) is 0 Å². The van der Waals surface area contributed by atoms with Crippen molar-refractivity contribution in [3.63, 3.8) is 0 Å². The molecule has 3 aromatic carbocycles. The summed E-state index contributed by atoms with van der Waals surface area (Å²) in [5.74, 6) is 1.25. The molecule has 0 radical (unpaired) electrons. The Kier molecular flexibility index (Phi) is 11.5. The number of methoxy groups -OCH3 is 1. The van der Waals surface area contributed by atoms with Crippen molar-refractivity contribution >= 4 is 45.6 Å². The van der Waals surface area contributed by atoms with Gasteiger partial charge in [-0.3, -0.25) is 13.9 Å². The van der Waals surface area contributed by atoms with Crippen LogP contribution in [0, 0.1) is 0 Å². The van der Waals surface area contributed by atoms with Gasteiger partial charge in [-0.25, -0.2) is 0 Å². The number of unbranched alkanes of at least 4 members (excludes halogenated alkanes) is 1. The standard InChI is InChI=1S/C34H47N3O5S2/c1-7-9-19-34(3)25-36(28-13-11-10-12-14-28)31-21-30(35(4)5)27(23-43-24-33(38)42-8-2)20-32(31)44(39,40)37(34)22-26-15-17-29(41-6)18-16-26/h10-18,20-21,39-40H,7-9,19,22-25H2,1-6H3. The Balaban J connectivity index is 1.90. The number of hydrogen-bond acceptors (Lipinski definition) is 9. The first-order valence-electron chi connectivity index (χ1n) is 15.1. The highest BCUT2D eigenvalue weighted by molar-refractivity contribution is 8.22. The zero-order chi connectivity index (χ0) is 31.9. The minimum atomic E-state index is -3.49. The number of hydrogen-bond donors (Lipinski definition) is 2. The van der Waals surface area contributed by atoms with Crippen molar-refractivity contribution < 1.29 is 23.4 Å². The van der Waals surface area contributed by atoms with E-state index in [9.17, 15) is 13.9 Å². The predicted octanol–water partition coefficient (Wildman–Crippen LogP) is 8.18. The molecule has 0 saturated carbocycles. The fraction of sp³-hybridized carbons (Fsp3) is 0.441. The summed E-state index contributed by atoms with van der Waals surface area (Å²) in [5, 5.41) is 0. The van der Waals surface area contributed by atoms with Gasteiger partial charge in [-0.1, -0.05) is 50.1 Å². The van der Waals surface area contributed by atoms with Crippen LogP contribution in [-0.2, 0) is 21.8 Å².